The monoisotopic (exact) mass is 581 g/mol. The van der Waals surface area contributed by atoms with Gasteiger partial charge in [0, 0.05) is 19.0 Å². The fourth-order valence-electron chi connectivity index (χ4n) is 4.30. The zero-order valence-electron chi connectivity index (χ0n) is 24.0. The summed E-state index contributed by atoms with van der Waals surface area (Å²) in [6, 6.07) is 13.9. The van der Waals surface area contributed by atoms with Gasteiger partial charge in [-0.15, -0.1) is 0 Å². The van der Waals surface area contributed by atoms with E-state index in [2.05, 4.69) is 10.6 Å². The predicted octanol–water partition coefficient (Wildman–Crippen LogP) is 5.64. The van der Waals surface area contributed by atoms with Crippen molar-refractivity contribution in [3.63, 3.8) is 0 Å². The van der Waals surface area contributed by atoms with Gasteiger partial charge in [0.05, 0.1) is 10.7 Å². The molecule has 9 nitrogen and oxygen atoms in total. The van der Waals surface area contributed by atoms with E-state index < -0.39 is 35.6 Å². The van der Waals surface area contributed by atoms with Gasteiger partial charge in [-0.2, -0.15) is 0 Å². The van der Waals surface area contributed by atoms with Gasteiger partial charge in [-0.05, 0) is 69.5 Å². The van der Waals surface area contributed by atoms with Crippen LogP contribution >= 0.6 is 11.6 Å². The number of aryl methyl sites for hydroxylation is 2. The lowest BCUT2D eigenvalue weighted by Crippen LogP contribution is -2.52. The maximum absolute atomic E-state index is 14.0. The number of nitrogens with zero attached hydrogens (tertiary/aromatic N) is 1. The number of carbonyl (C=O) groups excluding carboxylic acids is 3. The number of alkyl carbamates (subject to hydrolysis) is 1. The van der Waals surface area contributed by atoms with Gasteiger partial charge in [-0.25, -0.2) is 4.79 Å². The van der Waals surface area contributed by atoms with Crippen molar-refractivity contribution in [1.82, 2.24) is 10.2 Å². The van der Waals surface area contributed by atoms with Crippen molar-refractivity contribution in [3.8, 4) is 11.5 Å². The van der Waals surface area contributed by atoms with Crippen LogP contribution in [0.1, 0.15) is 49.1 Å². The highest BCUT2D eigenvalue weighted by atomic mass is 35.5. The van der Waals surface area contributed by atoms with E-state index in [0.717, 1.165) is 0 Å². The number of halogens is 1. The van der Waals surface area contributed by atoms with E-state index in [1.807, 2.05) is 0 Å². The molecule has 0 aromatic heterocycles. The van der Waals surface area contributed by atoms with E-state index in [-0.39, 0.29) is 23.5 Å². The minimum absolute atomic E-state index is 0.0421. The minimum atomic E-state index is -1.29. The number of aromatic hydroxyl groups is 2. The first kappa shape index (κ1) is 31.3. The molecule has 3 rings (SSSR count). The summed E-state index contributed by atoms with van der Waals surface area (Å²) in [5, 5.41) is 26.4. The summed E-state index contributed by atoms with van der Waals surface area (Å²) in [7, 11) is 1.43. The number of benzene rings is 3. The Kier molecular flexibility index (Phi) is 9.88. The quantitative estimate of drug-likeness (QED) is 0.272. The molecule has 3 aromatic carbocycles. The van der Waals surface area contributed by atoms with Gasteiger partial charge in [0.15, 0.2) is 0 Å². The van der Waals surface area contributed by atoms with Crippen molar-refractivity contribution < 1.29 is 29.3 Å². The van der Waals surface area contributed by atoms with Crippen LogP contribution in [0.15, 0.2) is 60.7 Å². The van der Waals surface area contributed by atoms with Crippen molar-refractivity contribution >= 4 is 35.2 Å². The Hall–Kier alpha value is -4.24. The highest BCUT2D eigenvalue weighted by Crippen LogP contribution is 2.34. The van der Waals surface area contributed by atoms with Crippen molar-refractivity contribution in [2.24, 2.45) is 0 Å². The number of carbonyl (C=O) groups is 3. The normalized spacial score (nSPS) is 12.7. The average Bonchev–Trinajstić information content (AvgIpc) is 2.88. The Labute approximate surface area is 245 Å². The van der Waals surface area contributed by atoms with E-state index in [4.69, 9.17) is 16.3 Å². The molecule has 0 heterocycles. The van der Waals surface area contributed by atoms with Crippen LogP contribution in [0.3, 0.4) is 0 Å². The van der Waals surface area contributed by atoms with Gasteiger partial charge >= 0.3 is 6.09 Å². The molecular formula is C31H36ClN3O6. The van der Waals surface area contributed by atoms with Crippen molar-refractivity contribution in [1.29, 1.82) is 0 Å². The Bertz CT molecular complexity index is 1400. The Morgan fingerprint density at radius 3 is 2.17 bits per heavy atom. The highest BCUT2D eigenvalue weighted by molar-refractivity contribution is 6.34. The molecule has 0 saturated heterocycles. The zero-order valence-corrected chi connectivity index (χ0v) is 24.7. The number of amides is 3. The van der Waals surface area contributed by atoms with Crippen molar-refractivity contribution in [2.45, 2.75) is 58.7 Å². The first-order valence-electron chi connectivity index (χ1n) is 13.1. The van der Waals surface area contributed by atoms with Crippen molar-refractivity contribution in [2.75, 3.05) is 12.4 Å². The second-order valence-electron chi connectivity index (χ2n) is 10.9. The first-order valence-corrected chi connectivity index (χ1v) is 13.4. The third-order valence-electron chi connectivity index (χ3n) is 6.38. The molecular weight excluding hydrogens is 546 g/mol. The molecule has 0 aliphatic heterocycles. The van der Waals surface area contributed by atoms with Crippen molar-refractivity contribution in [3.05, 3.63) is 87.9 Å². The van der Waals surface area contributed by atoms with Crippen LogP contribution in [-0.2, 0) is 20.7 Å². The third kappa shape index (κ3) is 8.14. The minimum Gasteiger partial charge on any atom is -0.508 e. The zero-order chi connectivity index (χ0) is 30.5. The molecule has 2 atom stereocenters. The number of phenols is 2. The Morgan fingerprint density at radius 2 is 1.56 bits per heavy atom. The van der Waals surface area contributed by atoms with E-state index in [1.165, 1.54) is 24.1 Å². The summed E-state index contributed by atoms with van der Waals surface area (Å²) in [6.07, 6.45) is -0.769. The number of hydrogen-bond donors (Lipinski definition) is 4. The summed E-state index contributed by atoms with van der Waals surface area (Å²) in [4.78, 5) is 41.8. The summed E-state index contributed by atoms with van der Waals surface area (Å²) in [5.74, 6) is -1.31. The van der Waals surface area contributed by atoms with Crippen LogP contribution in [-0.4, -0.2) is 51.7 Å². The predicted molar refractivity (Wildman–Crippen MR) is 158 cm³/mol. The largest absolute Gasteiger partial charge is 0.508 e. The van der Waals surface area contributed by atoms with E-state index in [9.17, 15) is 24.6 Å². The van der Waals surface area contributed by atoms with E-state index in [1.54, 1.807) is 83.1 Å². The maximum Gasteiger partial charge on any atom is 0.408 e. The molecule has 10 heteroatoms. The third-order valence-corrected chi connectivity index (χ3v) is 6.70. The summed E-state index contributed by atoms with van der Waals surface area (Å²) in [6.45, 7) is 8.58. The second-order valence-corrected chi connectivity index (χ2v) is 11.3. The number of anilines is 1. The van der Waals surface area contributed by atoms with Gasteiger partial charge in [0.2, 0.25) is 5.91 Å². The lowest BCUT2D eigenvalue weighted by atomic mass is 9.98. The molecule has 0 aliphatic carbocycles. The number of phenolic OH excluding ortho intramolecular Hbond substituents is 2. The molecule has 0 aliphatic rings. The van der Waals surface area contributed by atoms with Gasteiger partial charge in [0.1, 0.15) is 29.2 Å². The Morgan fingerprint density at radius 1 is 0.951 bits per heavy atom. The first-order chi connectivity index (χ1) is 19.2. The molecule has 0 spiro atoms. The number of ether oxygens (including phenoxy) is 1. The summed E-state index contributed by atoms with van der Waals surface area (Å²) in [5.41, 5.74) is 1.64. The molecule has 218 valence electrons. The number of likely N-dealkylation sites (N-methyl/N-ethyl adjacent to an activating group) is 1. The van der Waals surface area contributed by atoms with Crippen LogP contribution in [0.2, 0.25) is 5.02 Å². The van der Waals surface area contributed by atoms with Crippen LogP contribution in [0.25, 0.3) is 0 Å². The lowest BCUT2D eigenvalue weighted by molar-refractivity contribution is -0.139. The topological polar surface area (TPSA) is 128 Å². The average molecular weight is 582 g/mol. The Balaban J connectivity index is 2.03. The molecule has 41 heavy (non-hydrogen) atoms. The molecule has 4 N–H and O–H groups in total. The van der Waals surface area contributed by atoms with Gasteiger partial charge in [-0.1, -0.05) is 54.1 Å². The molecule has 3 amide bonds. The number of para-hydroxylation sites is 2. The summed E-state index contributed by atoms with van der Waals surface area (Å²) < 4.78 is 5.39. The van der Waals surface area contributed by atoms with Crippen LogP contribution in [0.5, 0.6) is 11.5 Å². The van der Waals surface area contributed by atoms with Crippen LogP contribution in [0.4, 0.5) is 10.5 Å². The molecule has 0 radical (unpaired) electrons. The molecule has 3 aromatic rings. The fraction of sp³-hybridized carbons (Fsp3) is 0.323. The smallest absolute Gasteiger partial charge is 0.408 e. The molecule has 2 unspecified atom stereocenters. The summed E-state index contributed by atoms with van der Waals surface area (Å²) >= 11 is 6.36. The van der Waals surface area contributed by atoms with E-state index >= 15 is 0 Å². The van der Waals surface area contributed by atoms with Gasteiger partial charge in [-0.3, -0.25) is 9.59 Å². The lowest BCUT2D eigenvalue weighted by Gasteiger charge is -2.32. The standard InChI is InChI=1S/C31H36ClN3O6/c1-18-9-8-12-23(32)25(18)34-28(38)26(22-11-7-10-19(2)27(22)37)35(6)29(39)24(33-30(40)41-31(3,4)5)17-20-13-15-21(36)16-14-20/h7-16,24,26,36-37H,17H2,1-6H3,(H,33,40)(H,34,38). The van der Waals surface area contributed by atoms with Crippen LogP contribution in [0, 0.1) is 13.8 Å². The molecule has 0 bridgehead atoms. The van der Waals surface area contributed by atoms with Gasteiger partial charge < -0.3 is 30.5 Å². The maximum atomic E-state index is 14.0. The number of rotatable bonds is 8. The second kappa shape index (κ2) is 13.0. The highest BCUT2D eigenvalue weighted by Gasteiger charge is 2.36. The number of nitrogens with one attached hydrogen (secondary N) is 2. The van der Waals surface area contributed by atoms with E-state index in [0.29, 0.717) is 27.4 Å². The van der Waals surface area contributed by atoms with Gasteiger partial charge in [0.25, 0.3) is 5.91 Å². The fourth-order valence-corrected chi connectivity index (χ4v) is 4.57. The molecule has 0 saturated carbocycles. The van der Waals surface area contributed by atoms with Crippen LogP contribution < -0.4 is 10.6 Å². The molecule has 0 fully saturated rings. The SMILES string of the molecule is Cc1cccc(C(C(=O)Nc2c(C)cccc2Cl)N(C)C(=O)C(Cc2ccc(O)cc2)NC(=O)OC(C)(C)C)c1O. The number of hydrogen-bond acceptors (Lipinski definition) is 6.